The summed E-state index contributed by atoms with van der Waals surface area (Å²) < 4.78 is 1.88. The molecule has 0 aliphatic rings. The molecule has 106 valence electrons. The SMILES string of the molecule is CSc1ccccc1CN(C)C(=O)Cc1cncn1C. The number of benzene rings is 1. The van der Waals surface area contributed by atoms with Crippen molar-refractivity contribution in [3.8, 4) is 0 Å². The smallest absolute Gasteiger partial charge is 0.228 e. The lowest BCUT2D eigenvalue weighted by Crippen LogP contribution is -2.28. The van der Waals surface area contributed by atoms with Crippen LogP contribution in [0.3, 0.4) is 0 Å². The number of hydrogen-bond donors (Lipinski definition) is 0. The molecule has 5 heteroatoms. The first-order chi connectivity index (χ1) is 9.61. The second kappa shape index (κ2) is 6.61. The van der Waals surface area contributed by atoms with Gasteiger partial charge in [-0.15, -0.1) is 11.8 Å². The normalized spacial score (nSPS) is 10.6. The summed E-state index contributed by atoms with van der Waals surface area (Å²) in [5.41, 5.74) is 2.11. The van der Waals surface area contributed by atoms with E-state index in [1.807, 2.05) is 30.8 Å². The van der Waals surface area contributed by atoms with Crippen molar-refractivity contribution in [3.63, 3.8) is 0 Å². The molecular weight excluding hydrogens is 270 g/mol. The van der Waals surface area contributed by atoms with E-state index in [2.05, 4.69) is 23.4 Å². The van der Waals surface area contributed by atoms with Gasteiger partial charge in [0, 0.05) is 37.4 Å². The van der Waals surface area contributed by atoms with Crippen LogP contribution in [-0.4, -0.2) is 33.7 Å². The number of carbonyl (C=O) groups excluding carboxylic acids is 1. The van der Waals surface area contributed by atoms with Crippen molar-refractivity contribution >= 4 is 17.7 Å². The Balaban J connectivity index is 2.02. The first-order valence-corrected chi connectivity index (χ1v) is 7.65. The van der Waals surface area contributed by atoms with Crippen molar-refractivity contribution in [1.29, 1.82) is 0 Å². The summed E-state index contributed by atoms with van der Waals surface area (Å²) in [6.07, 6.45) is 5.89. The predicted molar refractivity (Wildman–Crippen MR) is 81.6 cm³/mol. The lowest BCUT2D eigenvalue weighted by Gasteiger charge is -2.19. The van der Waals surface area contributed by atoms with Gasteiger partial charge in [0.15, 0.2) is 0 Å². The maximum Gasteiger partial charge on any atom is 0.228 e. The largest absolute Gasteiger partial charge is 0.341 e. The van der Waals surface area contributed by atoms with Gasteiger partial charge in [-0.3, -0.25) is 4.79 Å². The van der Waals surface area contributed by atoms with Gasteiger partial charge in [0.25, 0.3) is 0 Å². The number of hydrogen-bond acceptors (Lipinski definition) is 3. The van der Waals surface area contributed by atoms with Crippen LogP contribution in [0, 0.1) is 0 Å². The summed E-state index contributed by atoms with van der Waals surface area (Å²) in [6, 6.07) is 8.18. The third kappa shape index (κ3) is 3.42. The maximum absolute atomic E-state index is 12.2. The number of thioether (sulfide) groups is 1. The van der Waals surface area contributed by atoms with Gasteiger partial charge in [-0.2, -0.15) is 0 Å². The highest BCUT2D eigenvalue weighted by molar-refractivity contribution is 7.98. The van der Waals surface area contributed by atoms with E-state index >= 15 is 0 Å². The molecule has 0 N–H and O–H groups in total. The molecular formula is C15H19N3OS. The fourth-order valence-electron chi connectivity index (χ4n) is 2.02. The summed E-state index contributed by atoms with van der Waals surface area (Å²) >= 11 is 1.70. The Morgan fingerprint density at radius 1 is 1.40 bits per heavy atom. The van der Waals surface area contributed by atoms with Gasteiger partial charge in [0.2, 0.25) is 5.91 Å². The molecule has 2 rings (SSSR count). The van der Waals surface area contributed by atoms with E-state index in [1.165, 1.54) is 10.5 Å². The first-order valence-electron chi connectivity index (χ1n) is 6.43. The lowest BCUT2D eigenvalue weighted by molar-refractivity contribution is -0.129. The maximum atomic E-state index is 12.2. The van der Waals surface area contributed by atoms with Crippen LogP contribution in [0.4, 0.5) is 0 Å². The summed E-state index contributed by atoms with van der Waals surface area (Å²) in [6.45, 7) is 0.633. The van der Waals surface area contributed by atoms with Crippen LogP contribution in [-0.2, 0) is 24.8 Å². The van der Waals surface area contributed by atoms with E-state index in [0.29, 0.717) is 13.0 Å². The summed E-state index contributed by atoms with van der Waals surface area (Å²) in [7, 11) is 3.74. The van der Waals surface area contributed by atoms with Crippen LogP contribution >= 0.6 is 11.8 Å². The number of rotatable bonds is 5. The van der Waals surface area contributed by atoms with Crippen molar-refractivity contribution in [2.75, 3.05) is 13.3 Å². The monoisotopic (exact) mass is 289 g/mol. The van der Waals surface area contributed by atoms with Crippen molar-refractivity contribution in [2.45, 2.75) is 17.9 Å². The molecule has 0 radical (unpaired) electrons. The fourth-order valence-corrected chi connectivity index (χ4v) is 2.63. The van der Waals surface area contributed by atoms with Crippen molar-refractivity contribution in [2.24, 2.45) is 7.05 Å². The van der Waals surface area contributed by atoms with E-state index in [4.69, 9.17) is 0 Å². The number of nitrogens with zero attached hydrogens (tertiary/aromatic N) is 3. The minimum atomic E-state index is 0.101. The molecule has 0 atom stereocenters. The fraction of sp³-hybridized carbons (Fsp3) is 0.333. The summed E-state index contributed by atoms with van der Waals surface area (Å²) in [5, 5.41) is 0. The Morgan fingerprint density at radius 2 is 2.15 bits per heavy atom. The second-order valence-electron chi connectivity index (χ2n) is 4.73. The highest BCUT2D eigenvalue weighted by Gasteiger charge is 2.13. The Labute approximate surface area is 123 Å². The zero-order valence-electron chi connectivity index (χ0n) is 12.0. The topological polar surface area (TPSA) is 38.1 Å². The van der Waals surface area contributed by atoms with Gasteiger partial charge in [-0.05, 0) is 17.9 Å². The minimum Gasteiger partial charge on any atom is -0.341 e. The van der Waals surface area contributed by atoms with Crippen LogP contribution in [0.15, 0.2) is 41.7 Å². The van der Waals surface area contributed by atoms with E-state index in [0.717, 1.165) is 5.69 Å². The van der Waals surface area contributed by atoms with Gasteiger partial charge in [0.1, 0.15) is 0 Å². The highest BCUT2D eigenvalue weighted by Crippen LogP contribution is 2.21. The van der Waals surface area contributed by atoms with E-state index < -0.39 is 0 Å². The standard InChI is InChI=1S/C15H19N3OS/c1-17(10-12-6-4-5-7-14(12)20-3)15(19)8-13-9-16-11-18(13)2/h4-7,9,11H,8,10H2,1-3H3. The Hall–Kier alpha value is -1.75. The molecule has 1 aromatic carbocycles. The average Bonchev–Trinajstić information content (AvgIpc) is 2.84. The molecule has 4 nitrogen and oxygen atoms in total. The molecule has 20 heavy (non-hydrogen) atoms. The third-order valence-electron chi connectivity index (χ3n) is 3.27. The number of imidazole rings is 1. The number of likely N-dealkylation sites (N-methyl/N-ethyl adjacent to an activating group) is 1. The zero-order chi connectivity index (χ0) is 14.5. The van der Waals surface area contributed by atoms with Crippen molar-refractivity contribution in [1.82, 2.24) is 14.5 Å². The summed E-state index contributed by atoms with van der Waals surface area (Å²) in [5.74, 6) is 0.101. The molecule has 0 aliphatic heterocycles. The molecule has 1 aromatic heterocycles. The minimum absolute atomic E-state index is 0.101. The van der Waals surface area contributed by atoms with E-state index in [9.17, 15) is 4.79 Å². The van der Waals surface area contributed by atoms with Gasteiger partial charge < -0.3 is 9.47 Å². The molecule has 0 fully saturated rings. The Kier molecular flexibility index (Phi) is 4.84. The van der Waals surface area contributed by atoms with Crippen molar-refractivity contribution < 1.29 is 4.79 Å². The number of aryl methyl sites for hydroxylation is 1. The molecule has 0 aliphatic carbocycles. The molecule has 0 bridgehead atoms. The zero-order valence-corrected chi connectivity index (χ0v) is 12.9. The van der Waals surface area contributed by atoms with Gasteiger partial charge >= 0.3 is 0 Å². The second-order valence-corrected chi connectivity index (χ2v) is 5.58. The quantitative estimate of drug-likeness (QED) is 0.793. The van der Waals surface area contributed by atoms with E-state index in [-0.39, 0.29) is 5.91 Å². The number of aromatic nitrogens is 2. The van der Waals surface area contributed by atoms with Crippen LogP contribution in [0.1, 0.15) is 11.3 Å². The van der Waals surface area contributed by atoms with Crippen LogP contribution < -0.4 is 0 Å². The number of amides is 1. The first kappa shape index (κ1) is 14.7. The molecule has 0 saturated heterocycles. The molecule has 0 saturated carbocycles. The average molecular weight is 289 g/mol. The van der Waals surface area contributed by atoms with Crippen LogP contribution in [0.2, 0.25) is 0 Å². The third-order valence-corrected chi connectivity index (χ3v) is 4.11. The molecule has 0 spiro atoms. The molecule has 0 unspecified atom stereocenters. The van der Waals surface area contributed by atoms with Gasteiger partial charge in [-0.1, -0.05) is 18.2 Å². The van der Waals surface area contributed by atoms with E-state index in [1.54, 1.807) is 29.2 Å². The Bertz CT molecular complexity index is 594. The summed E-state index contributed by atoms with van der Waals surface area (Å²) in [4.78, 5) is 19.3. The van der Waals surface area contributed by atoms with Crippen molar-refractivity contribution in [3.05, 3.63) is 48.0 Å². The van der Waals surface area contributed by atoms with Gasteiger partial charge in [0.05, 0.1) is 12.7 Å². The lowest BCUT2D eigenvalue weighted by atomic mass is 10.2. The van der Waals surface area contributed by atoms with Gasteiger partial charge in [-0.25, -0.2) is 4.98 Å². The van der Waals surface area contributed by atoms with Crippen LogP contribution in [0.25, 0.3) is 0 Å². The number of carbonyl (C=O) groups is 1. The molecule has 1 heterocycles. The Morgan fingerprint density at radius 3 is 2.80 bits per heavy atom. The molecule has 1 amide bonds. The molecule has 2 aromatic rings. The highest BCUT2D eigenvalue weighted by atomic mass is 32.2. The predicted octanol–water partition coefficient (Wildman–Crippen LogP) is 2.34. The van der Waals surface area contributed by atoms with Crippen LogP contribution in [0.5, 0.6) is 0 Å².